The monoisotopic (exact) mass is 256 g/mol. The van der Waals surface area contributed by atoms with E-state index in [-0.39, 0.29) is 10.7 Å². The molecular weight excluding hydrogens is 244 g/mol. The van der Waals surface area contributed by atoms with Gasteiger partial charge < -0.3 is 4.90 Å². The molecule has 1 atom stereocenters. The fraction of sp³-hybridized carbons (Fsp3) is 0.400. The summed E-state index contributed by atoms with van der Waals surface area (Å²) in [5.74, 6) is 0.0682. The predicted octanol–water partition coefficient (Wildman–Crippen LogP) is 2.22. The van der Waals surface area contributed by atoms with E-state index in [1.54, 1.807) is 24.3 Å². The Labute approximate surface area is 92.3 Å². The van der Waals surface area contributed by atoms with Crippen LogP contribution in [-0.2, 0) is 4.79 Å². The molecule has 0 saturated heterocycles. The molecule has 1 unspecified atom stereocenters. The first kappa shape index (κ1) is 11.2. The lowest BCUT2D eigenvalue weighted by molar-refractivity contribution is -0.117. The fourth-order valence-corrected chi connectivity index (χ4v) is 1.39. The smallest absolute Gasteiger partial charge is 0.240 e. The van der Waals surface area contributed by atoms with E-state index in [1.165, 1.54) is 0 Å². The molecule has 4 heteroatoms. The highest BCUT2D eigenvalue weighted by Crippen LogP contribution is 2.15. The van der Waals surface area contributed by atoms with E-state index in [4.69, 9.17) is 0 Å². The van der Waals surface area contributed by atoms with Crippen molar-refractivity contribution in [1.82, 2.24) is 4.98 Å². The summed E-state index contributed by atoms with van der Waals surface area (Å²) in [4.78, 5) is 17.2. The van der Waals surface area contributed by atoms with Gasteiger partial charge >= 0.3 is 0 Å². The van der Waals surface area contributed by atoms with Crippen molar-refractivity contribution in [1.29, 1.82) is 0 Å². The third kappa shape index (κ3) is 2.54. The molecule has 0 aromatic carbocycles. The van der Waals surface area contributed by atoms with Crippen LogP contribution >= 0.6 is 15.9 Å². The van der Waals surface area contributed by atoms with E-state index >= 15 is 0 Å². The summed E-state index contributed by atoms with van der Waals surface area (Å²) in [7, 11) is 1.77. The van der Waals surface area contributed by atoms with Crippen LogP contribution in [0.4, 0.5) is 5.69 Å². The first-order valence-electron chi connectivity index (χ1n) is 4.48. The van der Waals surface area contributed by atoms with Crippen LogP contribution < -0.4 is 4.90 Å². The van der Waals surface area contributed by atoms with Crippen molar-refractivity contribution in [2.24, 2.45) is 0 Å². The quantitative estimate of drug-likeness (QED) is 0.778. The van der Waals surface area contributed by atoms with E-state index in [2.05, 4.69) is 20.9 Å². The van der Waals surface area contributed by atoms with Crippen LogP contribution in [0.25, 0.3) is 0 Å². The van der Waals surface area contributed by atoms with Crippen molar-refractivity contribution < 1.29 is 4.79 Å². The Balaban J connectivity index is 2.76. The highest BCUT2D eigenvalue weighted by atomic mass is 79.9. The van der Waals surface area contributed by atoms with Crippen LogP contribution in [0.5, 0.6) is 0 Å². The maximum absolute atomic E-state index is 11.7. The van der Waals surface area contributed by atoms with Crippen molar-refractivity contribution in [2.45, 2.75) is 18.2 Å². The van der Waals surface area contributed by atoms with Gasteiger partial charge in [0.05, 0.1) is 4.83 Å². The molecule has 1 heterocycles. The summed E-state index contributed by atoms with van der Waals surface area (Å²) < 4.78 is 0. The van der Waals surface area contributed by atoms with Crippen LogP contribution in [0.1, 0.15) is 13.3 Å². The second-order valence-corrected chi connectivity index (χ2v) is 4.08. The first-order valence-corrected chi connectivity index (χ1v) is 5.40. The van der Waals surface area contributed by atoms with E-state index in [1.807, 2.05) is 19.1 Å². The summed E-state index contributed by atoms with van der Waals surface area (Å²) >= 11 is 3.33. The number of halogens is 1. The van der Waals surface area contributed by atoms with Crippen LogP contribution in [0.3, 0.4) is 0 Å². The fourth-order valence-electron chi connectivity index (χ4n) is 1.08. The molecule has 1 amide bonds. The molecule has 0 aliphatic heterocycles. The van der Waals surface area contributed by atoms with Crippen LogP contribution in [0, 0.1) is 0 Å². The predicted molar refractivity (Wildman–Crippen MR) is 60.7 cm³/mol. The lowest BCUT2D eigenvalue weighted by atomic mass is 10.3. The Morgan fingerprint density at radius 3 is 2.64 bits per heavy atom. The molecule has 0 fully saturated rings. The third-order valence-corrected chi connectivity index (χ3v) is 3.05. The van der Waals surface area contributed by atoms with Crippen LogP contribution in [0.2, 0.25) is 0 Å². The number of aromatic nitrogens is 1. The van der Waals surface area contributed by atoms with Gasteiger partial charge in [-0.05, 0) is 18.6 Å². The maximum Gasteiger partial charge on any atom is 0.240 e. The lowest BCUT2D eigenvalue weighted by Gasteiger charge is -2.19. The summed E-state index contributed by atoms with van der Waals surface area (Å²) in [5, 5.41) is 0. The van der Waals surface area contributed by atoms with Gasteiger partial charge in [0.1, 0.15) is 0 Å². The Morgan fingerprint density at radius 1 is 1.57 bits per heavy atom. The van der Waals surface area contributed by atoms with Crippen LogP contribution in [0.15, 0.2) is 24.5 Å². The molecular formula is C10H13BrN2O. The standard InChI is InChI=1S/C10H13BrN2O/c1-3-9(11)10(14)13(2)8-4-6-12-7-5-8/h4-7,9H,3H2,1-2H3. The number of anilines is 1. The van der Waals surface area contributed by atoms with Gasteiger partial charge in [-0.15, -0.1) is 0 Å². The zero-order chi connectivity index (χ0) is 10.6. The Morgan fingerprint density at radius 2 is 2.14 bits per heavy atom. The molecule has 1 aromatic rings. The maximum atomic E-state index is 11.7. The van der Waals surface area contributed by atoms with E-state index < -0.39 is 0 Å². The average molecular weight is 257 g/mol. The number of alkyl halides is 1. The van der Waals surface area contributed by atoms with Crippen molar-refractivity contribution in [3.05, 3.63) is 24.5 Å². The summed E-state index contributed by atoms with van der Waals surface area (Å²) in [6, 6.07) is 3.63. The minimum absolute atomic E-state index is 0.0682. The van der Waals surface area contributed by atoms with Crippen molar-refractivity contribution in [3.63, 3.8) is 0 Å². The minimum atomic E-state index is -0.110. The molecule has 0 radical (unpaired) electrons. The van der Waals surface area contributed by atoms with Gasteiger partial charge in [-0.25, -0.2) is 0 Å². The zero-order valence-corrected chi connectivity index (χ0v) is 9.86. The summed E-state index contributed by atoms with van der Waals surface area (Å²) in [5.41, 5.74) is 0.864. The molecule has 0 spiro atoms. The average Bonchev–Trinajstić information content (AvgIpc) is 2.27. The number of nitrogens with zero attached hydrogens (tertiary/aromatic N) is 2. The highest BCUT2D eigenvalue weighted by Gasteiger charge is 2.17. The topological polar surface area (TPSA) is 33.2 Å². The second kappa shape index (κ2) is 5.10. The number of carbonyl (C=O) groups is 1. The molecule has 1 rings (SSSR count). The zero-order valence-electron chi connectivity index (χ0n) is 8.27. The molecule has 0 aliphatic rings. The van der Waals surface area contributed by atoms with Crippen molar-refractivity contribution in [2.75, 3.05) is 11.9 Å². The molecule has 76 valence electrons. The molecule has 1 aromatic heterocycles. The number of pyridine rings is 1. The van der Waals surface area contributed by atoms with Gasteiger partial charge in [-0.2, -0.15) is 0 Å². The highest BCUT2D eigenvalue weighted by molar-refractivity contribution is 9.10. The number of carbonyl (C=O) groups excluding carboxylic acids is 1. The van der Waals surface area contributed by atoms with E-state index in [0.717, 1.165) is 12.1 Å². The molecule has 0 N–H and O–H groups in total. The molecule has 3 nitrogen and oxygen atoms in total. The van der Waals surface area contributed by atoms with Gasteiger partial charge in [0.25, 0.3) is 0 Å². The Kier molecular flexibility index (Phi) is 4.07. The van der Waals surface area contributed by atoms with Gasteiger partial charge in [-0.1, -0.05) is 22.9 Å². The van der Waals surface area contributed by atoms with Gasteiger partial charge in [0.15, 0.2) is 0 Å². The van der Waals surface area contributed by atoms with E-state index in [9.17, 15) is 4.79 Å². The lowest BCUT2D eigenvalue weighted by Crippen LogP contribution is -2.32. The normalized spacial score (nSPS) is 12.2. The Bertz CT molecular complexity index is 302. The minimum Gasteiger partial charge on any atom is -0.314 e. The molecule has 14 heavy (non-hydrogen) atoms. The van der Waals surface area contributed by atoms with Gasteiger partial charge in [0.2, 0.25) is 5.91 Å². The number of hydrogen-bond acceptors (Lipinski definition) is 2. The SMILES string of the molecule is CCC(Br)C(=O)N(C)c1ccncc1. The number of amides is 1. The van der Waals surface area contributed by atoms with E-state index in [0.29, 0.717) is 0 Å². The summed E-state index contributed by atoms with van der Waals surface area (Å²) in [6.45, 7) is 1.97. The molecule has 0 bridgehead atoms. The van der Waals surface area contributed by atoms with Gasteiger partial charge in [-0.3, -0.25) is 9.78 Å². The second-order valence-electron chi connectivity index (χ2n) is 2.98. The Hall–Kier alpha value is -0.900. The van der Waals surface area contributed by atoms with Gasteiger partial charge in [0, 0.05) is 25.1 Å². The van der Waals surface area contributed by atoms with Crippen LogP contribution in [-0.4, -0.2) is 22.8 Å². The number of rotatable bonds is 3. The van der Waals surface area contributed by atoms with Crippen molar-refractivity contribution >= 4 is 27.5 Å². The molecule has 0 aliphatic carbocycles. The van der Waals surface area contributed by atoms with Crippen molar-refractivity contribution in [3.8, 4) is 0 Å². The number of hydrogen-bond donors (Lipinski definition) is 0. The molecule has 0 saturated carbocycles. The first-order chi connectivity index (χ1) is 6.66. The summed E-state index contributed by atoms with van der Waals surface area (Å²) in [6.07, 6.45) is 4.14. The third-order valence-electron chi connectivity index (χ3n) is 2.01. The largest absolute Gasteiger partial charge is 0.314 e.